The van der Waals surface area contributed by atoms with Crippen molar-refractivity contribution in [1.82, 2.24) is 15.3 Å². The summed E-state index contributed by atoms with van der Waals surface area (Å²) in [5.41, 5.74) is 2.13. The Morgan fingerprint density at radius 2 is 2.11 bits per heavy atom. The van der Waals surface area contributed by atoms with Gasteiger partial charge in [-0.15, -0.1) is 22.7 Å². The van der Waals surface area contributed by atoms with Crippen LogP contribution in [-0.4, -0.2) is 45.3 Å². The second-order valence-electron chi connectivity index (χ2n) is 7.38. The van der Waals surface area contributed by atoms with Gasteiger partial charge in [0.1, 0.15) is 11.0 Å². The van der Waals surface area contributed by atoms with E-state index in [0.717, 1.165) is 20.8 Å². The quantitative estimate of drug-likeness (QED) is 0.534. The second kappa shape index (κ2) is 8.10. The number of fused-ring (bicyclic) bond motifs is 1. The Morgan fingerprint density at radius 1 is 1.36 bits per heavy atom. The van der Waals surface area contributed by atoms with Gasteiger partial charge in [0.25, 0.3) is 5.91 Å². The van der Waals surface area contributed by atoms with Gasteiger partial charge in [-0.2, -0.15) is 0 Å². The zero-order valence-corrected chi connectivity index (χ0v) is 17.7. The van der Waals surface area contributed by atoms with Crippen LogP contribution in [0.15, 0.2) is 23.2 Å². The SMILES string of the molecule is CC(C)Nc1c(C(=O)NC[C@@H](F)C(C)(C)O)cnc2sc(-c3cscn3)cc12. The number of aromatic nitrogens is 2. The van der Waals surface area contributed by atoms with E-state index in [1.54, 1.807) is 5.51 Å². The van der Waals surface area contributed by atoms with Gasteiger partial charge in [0.15, 0.2) is 0 Å². The third-order valence-corrected chi connectivity index (χ3v) is 5.78. The maximum atomic E-state index is 14.0. The molecule has 0 unspecified atom stereocenters. The molecule has 0 aliphatic carbocycles. The first-order chi connectivity index (χ1) is 13.2. The third-order valence-electron chi connectivity index (χ3n) is 4.13. The van der Waals surface area contributed by atoms with Crippen molar-refractivity contribution in [2.24, 2.45) is 0 Å². The first-order valence-electron chi connectivity index (χ1n) is 8.89. The van der Waals surface area contributed by atoms with Gasteiger partial charge >= 0.3 is 0 Å². The Bertz CT molecular complexity index is 964. The van der Waals surface area contributed by atoms with Crippen LogP contribution in [0, 0.1) is 0 Å². The number of aliphatic hydroxyl groups is 1. The number of anilines is 1. The summed E-state index contributed by atoms with van der Waals surface area (Å²) >= 11 is 3.02. The van der Waals surface area contributed by atoms with E-state index in [-0.39, 0.29) is 12.6 Å². The summed E-state index contributed by atoms with van der Waals surface area (Å²) in [4.78, 5) is 23.2. The van der Waals surface area contributed by atoms with Gasteiger partial charge < -0.3 is 15.7 Å². The zero-order valence-electron chi connectivity index (χ0n) is 16.1. The molecule has 3 rings (SSSR count). The van der Waals surface area contributed by atoms with Crippen molar-refractivity contribution in [3.8, 4) is 10.6 Å². The number of alkyl halides is 1. The average molecular weight is 423 g/mol. The smallest absolute Gasteiger partial charge is 0.255 e. The third kappa shape index (κ3) is 4.48. The summed E-state index contributed by atoms with van der Waals surface area (Å²) < 4.78 is 14.0. The summed E-state index contributed by atoms with van der Waals surface area (Å²) in [5.74, 6) is -0.439. The molecule has 3 aromatic rings. The van der Waals surface area contributed by atoms with Gasteiger partial charge in [-0.25, -0.2) is 14.4 Å². The van der Waals surface area contributed by atoms with E-state index in [9.17, 15) is 14.3 Å². The van der Waals surface area contributed by atoms with E-state index in [4.69, 9.17) is 0 Å². The van der Waals surface area contributed by atoms with E-state index in [2.05, 4.69) is 20.6 Å². The van der Waals surface area contributed by atoms with Crippen LogP contribution in [0.5, 0.6) is 0 Å². The van der Waals surface area contributed by atoms with E-state index in [1.807, 2.05) is 25.3 Å². The van der Waals surface area contributed by atoms with Crippen LogP contribution < -0.4 is 10.6 Å². The number of hydrogen-bond donors (Lipinski definition) is 3. The minimum atomic E-state index is -1.58. The number of pyridine rings is 1. The monoisotopic (exact) mass is 422 g/mol. The molecule has 1 amide bonds. The maximum absolute atomic E-state index is 14.0. The molecule has 9 heteroatoms. The van der Waals surface area contributed by atoms with Gasteiger partial charge in [-0.05, 0) is 33.8 Å². The lowest BCUT2D eigenvalue weighted by atomic mass is 10.0. The Morgan fingerprint density at radius 3 is 2.71 bits per heavy atom. The van der Waals surface area contributed by atoms with Crippen molar-refractivity contribution in [2.75, 3.05) is 11.9 Å². The fourth-order valence-corrected chi connectivity index (χ4v) is 4.20. The molecule has 1 atom stereocenters. The van der Waals surface area contributed by atoms with Crippen LogP contribution >= 0.6 is 22.7 Å². The molecule has 6 nitrogen and oxygen atoms in total. The predicted octanol–water partition coefficient (Wildman–Crippen LogP) is 4.08. The largest absolute Gasteiger partial charge is 0.387 e. The maximum Gasteiger partial charge on any atom is 0.255 e. The minimum absolute atomic E-state index is 0.0880. The van der Waals surface area contributed by atoms with E-state index < -0.39 is 17.7 Å². The number of thiazole rings is 1. The van der Waals surface area contributed by atoms with Crippen LogP contribution in [0.2, 0.25) is 0 Å². The molecule has 28 heavy (non-hydrogen) atoms. The number of halogens is 1. The zero-order chi connectivity index (χ0) is 20.5. The number of rotatable bonds is 7. The molecule has 0 saturated heterocycles. The van der Waals surface area contributed by atoms with E-state index in [1.165, 1.54) is 42.7 Å². The van der Waals surface area contributed by atoms with Crippen molar-refractivity contribution < 1.29 is 14.3 Å². The summed E-state index contributed by atoms with van der Waals surface area (Å²) in [6.45, 7) is 6.42. The first kappa shape index (κ1) is 20.6. The number of thiophene rings is 1. The fourth-order valence-electron chi connectivity index (χ4n) is 2.59. The van der Waals surface area contributed by atoms with Gasteiger partial charge in [0.2, 0.25) is 0 Å². The molecule has 0 aliphatic rings. The molecular formula is C19H23FN4O2S2. The number of nitrogens with one attached hydrogen (secondary N) is 2. The molecule has 0 saturated carbocycles. The molecule has 0 aliphatic heterocycles. The van der Waals surface area contributed by atoms with Gasteiger partial charge in [0, 0.05) is 23.0 Å². The van der Waals surface area contributed by atoms with Gasteiger partial charge in [-0.1, -0.05) is 0 Å². The highest BCUT2D eigenvalue weighted by Gasteiger charge is 2.27. The average Bonchev–Trinajstić information content (AvgIpc) is 3.27. The number of hydrogen-bond acceptors (Lipinski definition) is 7. The highest BCUT2D eigenvalue weighted by molar-refractivity contribution is 7.22. The molecule has 0 spiro atoms. The molecular weight excluding hydrogens is 399 g/mol. The molecule has 150 valence electrons. The number of amides is 1. The highest BCUT2D eigenvalue weighted by Crippen LogP contribution is 2.37. The standard InChI is InChI=1S/C19H23FN4O2S2/c1-10(2)24-16-11-5-14(13-8-27-9-23-13)28-18(11)22-6-12(16)17(25)21-7-15(20)19(3,4)26/h5-6,8-10,15,26H,7H2,1-4H3,(H,21,25)(H,22,24)/t15-/m1/s1. The molecule has 0 bridgehead atoms. The molecule has 0 radical (unpaired) electrons. The van der Waals surface area contributed by atoms with E-state index >= 15 is 0 Å². The van der Waals surface area contributed by atoms with Crippen molar-refractivity contribution >= 4 is 44.5 Å². The summed E-state index contributed by atoms with van der Waals surface area (Å²) in [6.07, 6.45) is -0.0758. The Balaban J connectivity index is 1.96. The van der Waals surface area contributed by atoms with Crippen LogP contribution in [0.1, 0.15) is 38.1 Å². The second-order valence-corrected chi connectivity index (χ2v) is 9.13. The van der Waals surface area contributed by atoms with Crippen molar-refractivity contribution in [1.29, 1.82) is 0 Å². The molecule has 3 N–H and O–H groups in total. The minimum Gasteiger partial charge on any atom is -0.387 e. The van der Waals surface area contributed by atoms with Crippen LogP contribution in [0.25, 0.3) is 20.8 Å². The van der Waals surface area contributed by atoms with Crippen LogP contribution in [0.3, 0.4) is 0 Å². The van der Waals surface area contributed by atoms with Crippen molar-refractivity contribution in [2.45, 2.75) is 45.5 Å². The van der Waals surface area contributed by atoms with Gasteiger partial charge in [0.05, 0.1) is 39.5 Å². The summed E-state index contributed by atoms with van der Waals surface area (Å²) in [5, 5.41) is 18.4. The normalized spacial score (nSPS) is 13.1. The Kier molecular flexibility index (Phi) is 5.97. The molecule has 3 heterocycles. The Hall–Kier alpha value is -2.10. The van der Waals surface area contributed by atoms with Crippen molar-refractivity contribution in [3.05, 3.63) is 28.7 Å². The lowest BCUT2D eigenvalue weighted by Gasteiger charge is -2.23. The van der Waals surface area contributed by atoms with Crippen LogP contribution in [0.4, 0.5) is 10.1 Å². The summed E-state index contributed by atoms with van der Waals surface area (Å²) in [7, 11) is 0. The number of carbonyl (C=O) groups excluding carboxylic acids is 1. The highest BCUT2D eigenvalue weighted by atomic mass is 32.1. The van der Waals surface area contributed by atoms with E-state index in [0.29, 0.717) is 11.3 Å². The molecule has 3 aromatic heterocycles. The molecule has 0 fully saturated rings. The first-order valence-corrected chi connectivity index (χ1v) is 10.6. The Labute approximate surface area is 170 Å². The number of nitrogens with zero attached hydrogens (tertiary/aromatic N) is 2. The molecule has 0 aromatic carbocycles. The lowest BCUT2D eigenvalue weighted by Crippen LogP contribution is -2.42. The fraction of sp³-hybridized carbons (Fsp3) is 0.421. The summed E-state index contributed by atoms with van der Waals surface area (Å²) in [6, 6.07) is 2.06. The number of carbonyl (C=O) groups is 1. The topological polar surface area (TPSA) is 87.1 Å². The van der Waals surface area contributed by atoms with Crippen LogP contribution in [-0.2, 0) is 0 Å². The lowest BCUT2D eigenvalue weighted by molar-refractivity contribution is -0.00177. The predicted molar refractivity (Wildman–Crippen MR) is 113 cm³/mol. The van der Waals surface area contributed by atoms with Gasteiger partial charge in [-0.3, -0.25) is 4.79 Å². The van der Waals surface area contributed by atoms with Crippen molar-refractivity contribution in [3.63, 3.8) is 0 Å².